The van der Waals surface area contributed by atoms with E-state index in [2.05, 4.69) is 23.4 Å². The molecule has 2 heterocycles. The highest BCUT2D eigenvalue weighted by atomic mass is 32.2. The molecule has 136 valence electrons. The summed E-state index contributed by atoms with van der Waals surface area (Å²) in [6, 6.07) is 11.0. The number of sulfonamides is 1. The zero-order chi connectivity index (χ0) is 18.9. The highest BCUT2D eigenvalue weighted by molar-refractivity contribution is 7.92. The van der Waals surface area contributed by atoms with Crippen molar-refractivity contribution in [1.82, 2.24) is 4.98 Å². The fourth-order valence-electron chi connectivity index (χ4n) is 2.65. The van der Waals surface area contributed by atoms with Crippen LogP contribution in [0, 0.1) is 13.8 Å². The Balaban J connectivity index is 2.01. The Bertz CT molecular complexity index is 1030. The molecule has 5 nitrogen and oxygen atoms in total. The van der Waals surface area contributed by atoms with Gasteiger partial charge in [0, 0.05) is 18.0 Å². The van der Waals surface area contributed by atoms with E-state index < -0.39 is 10.0 Å². The average Bonchev–Trinajstić information content (AvgIpc) is 3.08. The van der Waals surface area contributed by atoms with Crippen molar-refractivity contribution in [3.8, 4) is 17.0 Å². The van der Waals surface area contributed by atoms with Gasteiger partial charge in [-0.3, -0.25) is 4.31 Å². The van der Waals surface area contributed by atoms with Crippen LogP contribution in [0.2, 0.25) is 0 Å². The van der Waals surface area contributed by atoms with Crippen LogP contribution in [-0.2, 0) is 10.0 Å². The molecular weight excluding hydrogens is 368 g/mol. The summed E-state index contributed by atoms with van der Waals surface area (Å²) in [5, 5.41) is 2.08. The molecular formula is C19H20N2O3S2. The van der Waals surface area contributed by atoms with E-state index in [9.17, 15) is 8.42 Å². The van der Waals surface area contributed by atoms with Crippen molar-refractivity contribution >= 4 is 27.0 Å². The first-order chi connectivity index (χ1) is 12.3. The van der Waals surface area contributed by atoms with E-state index in [-0.39, 0.29) is 4.90 Å². The molecule has 0 fully saturated rings. The minimum atomic E-state index is -3.72. The summed E-state index contributed by atoms with van der Waals surface area (Å²) in [5.74, 6) is 0.373. The van der Waals surface area contributed by atoms with E-state index in [0.717, 1.165) is 16.7 Å². The fraction of sp³-hybridized carbons (Fsp3) is 0.211. The third kappa shape index (κ3) is 3.45. The Labute approximate surface area is 157 Å². The Kier molecular flexibility index (Phi) is 5.02. The Morgan fingerprint density at radius 1 is 1.08 bits per heavy atom. The minimum absolute atomic E-state index is 0.122. The van der Waals surface area contributed by atoms with Gasteiger partial charge in [0.25, 0.3) is 10.0 Å². The molecule has 3 rings (SSSR count). The van der Waals surface area contributed by atoms with Crippen LogP contribution in [0.4, 0.5) is 5.69 Å². The molecule has 0 unspecified atom stereocenters. The van der Waals surface area contributed by atoms with Crippen molar-refractivity contribution in [2.45, 2.75) is 18.7 Å². The number of aryl methyl sites for hydroxylation is 2. The summed E-state index contributed by atoms with van der Waals surface area (Å²) in [7, 11) is -0.666. The van der Waals surface area contributed by atoms with Crippen molar-refractivity contribution < 1.29 is 13.2 Å². The first kappa shape index (κ1) is 18.4. The van der Waals surface area contributed by atoms with E-state index in [1.54, 1.807) is 18.4 Å². The molecule has 0 bridgehead atoms. The normalized spacial score (nSPS) is 11.4. The van der Waals surface area contributed by atoms with Crippen molar-refractivity contribution in [3.63, 3.8) is 0 Å². The van der Waals surface area contributed by atoms with Crippen LogP contribution in [0.25, 0.3) is 11.1 Å². The van der Waals surface area contributed by atoms with Crippen LogP contribution in [0.1, 0.15) is 10.4 Å². The van der Waals surface area contributed by atoms with Gasteiger partial charge in [-0.1, -0.05) is 12.1 Å². The molecule has 0 aliphatic heterocycles. The lowest BCUT2D eigenvalue weighted by molar-refractivity contribution is 0.397. The van der Waals surface area contributed by atoms with Gasteiger partial charge in [0.2, 0.25) is 5.88 Å². The van der Waals surface area contributed by atoms with Crippen molar-refractivity contribution in [1.29, 1.82) is 0 Å². The number of aromatic nitrogens is 1. The van der Waals surface area contributed by atoms with Gasteiger partial charge < -0.3 is 4.74 Å². The van der Waals surface area contributed by atoms with Crippen molar-refractivity contribution in [2.24, 2.45) is 0 Å². The summed E-state index contributed by atoms with van der Waals surface area (Å²) < 4.78 is 32.3. The van der Waals surface area contributed by atoms with E-state index in [1.165, 1.54) is 34.6 Å². The second kappa shape index (κ2) is 7.09. The zero-order valence-electron chi connectivity index (χ0n) is 15.1. The number of hydrogen-bond donors (Lipinski definition) is 0. The van der Waals surface area contributed by atoms with Gasteiger partial charge in [-0.05, 0) is 54.1 Å². The third-order valence-electron chi connectivity index (χ3n) is 4.19. The molecule has 3 aromatic rings. The maximum Gasteiger partial charge on any atom is 0.265 e. The zero-order valence-corrected chi connectivity index (χ0v) is 16.7. The van der Waals surface area contributed by atoms with E-state index >= 15 is 0 Å². The highest BCUT2D eigenvalue weighted by Gasteiger charge is 2.23. The SMILES string of the molecule is COc1ccc(S(=O)(=O)N(C)c2cc(-c3csc(C)c3)ccc2C)cn1. The van der Waals surface area contributed by atoms with Gasteiger partial charge in [0.15, 0.2) is 0 Å². The molecule has 26 heavy (non-hydrogen) atoms. The molecule has 0 amide bonds. The van der Waals surface area contributed by atoms with E-state index in [0.29, 0.717) is 11.6 Å². The second-order valence-electron chi connectivity index (χ2n) is 5.96. The third-order valence-corrected chi connectivity index (χ3v) is 6.81. The molecule has 0 N–H and O–H groups in total. The number of anilines is 1. The fourth-order valence-corrected chi connectivity index (χ4v) is 4.56. The predicted octanol–water partition coefficient (Wildman–Crippen LogP) is 4.26. The lowest BCUT2D eigenvalue weighted by Gasteiger charge is -2.22. The van der Waals surface area contributed by atoms with Gasteiger partial charge in [-0.25, -0.2) is 13.4 Å². The maximum atomic E-state index is 13.0. The molecule has 0 saturated heterocycles. The summed E-state index contributed by atoms with van der Waals surface area (Å²) in [6.07, 6.45) is 1.31. The first-order valence-corrected chi connectivity index (χ1v) is 10.3. The lowest BCUT2D eigenvalue weighted by Crippen LogP contribution is -2.27. The van der Waals surface area contributed by atoms with Gasteiger partial charge in [-0.15, -0.1) is 11.3 Å². The number of rotatable bonds is 5. The quantitative estimate of drug-likeness (QED) is 0.655. The Hall–Kier alpha value is -2.38. The maximum absolute atomic E-state index is 13.0. The minimum Gasteiger partial charge on any atom is -0.481 e. The van der Waals surface area contributed by atoms with Gasteiger partial charge >= 0.3 is 0 Å². The lowest BCUT2D eigenvalue weighted by atomic mass is 10.1. The topological polar surface area (TPSA) is 59.5 Å². The molecule has 0 atom stereocenters. The Morgan fingerprint density at radius 3 is 2.42 bits per heavy atom. The van der Waals surface area contributed by atoms with Crippen LogP contribution < -0.4 is 9.04 Å². The van der Waals surface area contributed by atoms with E-state index in [1.807, 2.05) is 25.1 Å². The van der Waals surface area contributed by atoms with Crippen LogP contribution in [0.5, 0.6) is 5.88 Å². The van der Waals surface area contributed by atoms with Crippen LogP contribution in [-0.4, -0.2) is 27.6 Å². The smallest absolute Gasteiger partial charge is 0.265 e. The number of methoxy groups -OCH3 is 1. The largest absolute Gasteiger partial charge is 0.481 e. The highest BCUT2D eigenvalue weighted by Crippen LogP contribution is 2.32. The molecule has 0 aliphatic rings. The molecule has 0 radical (unpaired) electrons. The summed E-state index contributed by atoms with van der Waals surface area (Å²) in [6.45, 7) is 3.95. The Morgan fingerprint density at radius 2 is 1.85 bits per heavy atom. The molecule has 0 saturated carbocycles. The summed E-state index contributed by atoms with van der Waals surface area (Å²) in [5.41, 5.74) is 3.60. The van der Waals surface area contributed by atoms with Gasteiger partial charge in [-0.2, -0.15) is 0 Å². The van der Waals surface area contributed by atoms with Crippen molar-refractivity contribution in [2.75, 3.05) is 18.5 Å². The number of benzene rings is 1. The molecule has 0 aliphatic carbocycles. The average molecular weight is 389 g/mol. The van der Waals surface area contributed by atoms with Crippen molar-refractivity contribution in [3.05, 3.63) is 58.4 Å². The molecule has 7 heteroatoms. The first-order valence-electron chi connectivity index (χ1n) is 7.98. The standard InChI is InChI=1S/C19H20N2O3S2/c1-13-5-6-15(16-9-14(2)25-12-16)10-18(13)21(3)26(22,23)17-7-8-19(24-4)20-11-17/h5-12H,1-4H3. The number of thiophene rings is 1. The van der Waals surface area contributed by atoms with Crippen LogP contribution >= 0.6 is 11.3 Å². The molecule has 1 aromatic carbocycles. The molecule has 0 spiro atoms. The van der Waals surface area contributed by atoms with Gasteiger partial charge in [0.1, 0.15) is 4.90 Å². The monoisotopic (exact) mass is 388 g/mol. The number of hydrogen-bond acceptors (Lipinski definition) is 5. The number of nitrogens with zero attached hydrogens (tertiary/aromatic N) is 2. The second-order valence-corrected chi connectivity index (χ2v) is 9.04. The van der Waals surface area contributed by atoms with E-state index in [4.69, 9.17) is 4.74 Å². The predicted molar refractivity (Wildman–Crippen MR) is 106 cm³/mol. The summed E-state index contributed by atoms with van der Waals surface area (Å²) >= 11 is 1.67. The summed E-state index contributed by atoms with van der Waals surface area (Å²) in [4.78, 5) is 5.34. The van der Waals surface area contributed by atoms with Crippen LogP contribution in [0.3, 0.4) is 0 Å². The molecule has 2 aromatic heterocycles. The number of pyridine rings is 1. The van der Waals surface area contributed by atoms with Crippen LogP contribution in [0.15, 0.2) is 52.9 Å². The van der Waals surface area contributed by atoms with Gasteiger partial charge in [0.05, 0.1) is 19.0 Å². The number of ether oxygens (including phenoxy) is 1.